The summed E-state index contributed by atoms with van der Waals surface area (Å²) in [6, 6.07) is 0. The van der Waals surface area contributed by atoms with Crippen molar-refractivity contribution in [2.75, 3.05) is 31.1 Å². The van der Waals surface area contributed by atoms with E-state index in [1.54, 1.807) is 0 Å². The van der Waals surface area contributed by atoms with Crippen LogP contribution in [-0.2, 0) is 0 Å². The molecule has 4 nitrogen and oxygen atoms in total. The molecular weight excluding hydrogens is 224 g/mol. The SMILES string of the molecule is Cc1cnc(N2CCCC3(CCCNC3)C2)nc1. The van der Waals surface area contributed by atoms with Crippen molar-refractivity contribution in [1.82, 2.24) is 15.3 Å². The van der Waals surface area contributed by atoms with E-state index in [0.717, 1.165) is 31.1 Å². The zero-order chi connectivity index (χ0) is 12.4. The van der Waals surface area contributed by atoms with Gasteiger partial charge in [-0.05, 0) is 44.7 Å². The molecule has 2 saturated heterocycles. The van der Waals surface area contributed by atoms with E-state index in [9.17, 15) is 0 Å². The summed E-state index contributed by atoms with van der Waals surface area (Å²) in [5.41, 5.74) is 1.59. The van der Waals surface area contributed by atoms with Gasteiger partial charge in [0.25, 0.3) is 0 Å². The lowest BCUT2D eigenvalue weighted by Crippen LogP contribution is -2.51. The first-order valence-corrected chi connectivity index (χ1v) is 7.02. The highest BCUT2D eigenvalue weighted by atomic mass is 15.3. The van der Waals surface area contributed by atoms with Gasteiger partial charge in [0.05, 0.1) is 0 Å². The molecule has 0 bridgehead atoms. The highest BCUT2D eigenvalue weighted by Gasteiger charge is 2.37. The van der Waals surface area contributed by atoms with E-state index < -0.39 is 0 Å². The topological polar surface area (TPSA) is 41.1 Å². The molecule has 2 aliphatic heterocycles. The van der Waals surface area contributed by atoms with E-state index in [0.29, 0.717) is 5.41 Å². The number of nitrogens with one attached hydrogen (secondary N) is 1. The Balaban J connectivity index is 1.75. The van der Waals surface area contributed by atoms with Crippen molar-refractivity contribution in [1.29, 1.82) is 0 Å². The summed E-state index contributed by atoms with van der Waals surface area (Å²) in [4.78, 5) is 11.3. The molecule has 1 atom stereocenters. The zero-order valence-corrected chi connectivity index (χ0v) is 11.2. The minimum absolute atomic E-state index is 0.463. The predicted octanol–water partition coefficient (Wildman–Crippen LogP) is 1.76. The second kappa shape index (κ2) is 4.84. The van der Waals surface area contributed by atoms with Crippen LogP contribution in [-0.4, -0.2) is 36.1 Å². The maximum absolute atomic E-state index is 4.47. The van der Waals surface area contributed by atoms with Crippen LogP contribution in [0, 0.1) is 12.3 Å². The van der Waals surface area contributed by atoms with Crippen molar-refractivity contribution >= 4 is 5.95 Å². The number of aryl methyl sites for hydroxylation is 1. The third-order valence-corrected chi connectivity index (χ3v) is 4.27. The van der Waals surface area contributed by atoms with E-state index in [4.69, 9.17) is 0 Å². The van der Waals surface area contributed by atoms with E-state index >= 15 is 0 Å². The fourth-order valence-corrected chi connectivity index (χ4v) is 3.31. The molecule has 0 aliphatic carbocycles. The van der Waals surface area contributed by atoms with Crippen LogP contribution in [0.25, 0.3) is 0 Å². The van der Waals surface area contributed by atoms with Gasteiger partial charge in [-0.1, -0.05) is 0 Å². The molecule has 3 heterocycles. The lowest BCUT2D eigenvalue weighted by Gasteiger charge is -2.45. The van der Waals surface area contributed by atoms with Crippen LogP contribution in [0.3, 0.4) is 0 Å². The summed E-state index contributed by atoms with van der Waals surface area (Å²) >= 11 is 0. The molecule has 2 fully saturated rings. The Kier molecular flexibility index (Phi) is 3.20. The van der Waals surface area contributed by atoms with Gasteiger partial charge < -0.3 is 10.2 Å². The number of hydrogen-bond donors (Lipinski definition) is 1. The van der Waals surface area contributed by atoms with E-state index in [2.05, 4.69) is 20.2 Å². The molecule has 18 heavy (non-hydrogen) atoms. The molecule has 0 radical (unpaired) electrons. The minimum atomic E-state index is 0.463. The Morgan fingerprint density at radius 3 is 2.72 bits per heavy atom. The molecule has 1 unspecified atom stereocenters. The van der Waals surface area contributed by atoms with Crippen molar-refractivity contribution < 1.29 is 0 Å². The van der Waals surface area contributed by atoms with Gasteiger partial charge in [-0.25, -0.2) is 9.97 Å². The normalized spacial score (nSPS) is 28.6. The van der Waals surface area contributed by atoms with Crippen molar-refractivity contribution in [3.8, 4) is 0 Å². The smallest absolute Gasteiger partial charge is 0.225 e. The predicted molar refractivity (Wildman–Crippen MR) is 72.8 cm³/mol. The first-order chi connectivity index (χ1) is 8.77. The molecule has 0 amide bonds. The number of anilines is 1. The molecule has 1 aromatic rings. The van der Waals surface area contributed by atoms with Gasteiger partial charge in [0.15, 0.2) is 0 Å². The van der Waals surface area contributed by atoms with Gasteiger partial charge in [0.2, 0.25) is 5.95 Å². The average Bonchev–Trinajstić information content (AvgIpc) is 2.40. The van der Waals surface area contributed by atoms with Crippen LogP contribution in [0.5, 0.6) is 0 Å². The molecule has 4 heteroatoms. The number of hydrogen-bond acceptors (Lipinski definition) is 4. The first-order valence-electron chi connectivity index (χ1n) is 7.02. The van der Waals surface area contributed by atoms with E-state index in [1.807, 2.05) is 19.3 Å². The molecule has 2 aliphatic rings. The Morgan fingerprint density at radius 1 is 1.22 bits per heavy atom. The molecule has 3 rings (SSSR count). The summed E-state index contributed by atoms with van der Waals surface area (Å²) in [7, 11) is 0. The Labute approximate surface area is 109 Å². The quantitative estimate of drug-likeness (QED) is 0.819. The highest BCUT2D eigenvalue weighted by molar-refractivity contribution is 5.31. The number of piperidine rings is 2. The maximum atomic E-state index is 4.47. The molecule has 1 aromatic heterocycles. The second-order valence-corrected chi connectivity index (χ2v) is 5.87. The summed E-state index contributed by atoms with van der Waals surface area (Å²) in [5, 5.41) is 3.56. The van der Waals surface area contributed by atoms with Crippen molar-refractivity contribution in [3.05, 3.63) is 18.0 Å². The standard InChI is InChI=1S/C14H22N4/c1-12-8-16-13(17-9-12)18-7-3-5-14(11-18)4-2-6-15-10-14/h8-9,15H,2-7,10-11H2,1H3. The van der Waals surface area contributed by atoms with Crippen LogP contribution in [0.1, 0.15) is 31.2 Å². The fourth-order valence-electron chi connectivity index (χ4n) is 3.31. The van der Waals surface area contributed by atoms with Crippen LogP contribution >= 0.6 is 0 Å². The summed E-state index contributed by atoms with van der Waals surface area (Å²) in [6.45, 7) is 6.60. The van der Waals surface area contributed by atoms with Crippen LogP contribution < -0.4 is 10.2 Å². The van der Waals surface area contributed by atoms with Crippen LogP contribution in [0.15, 0.2) is 12.4 Å². The zero-order valence-electron chi connectivity index (χ0n) is 11.2. The summed E-state index contributed by atoms with van der Waals surface area (Å²) < 4.78 is 0. The molecule has 1 spiro atoms. The number of nitrogens with zero attached hydrogens (tertiary/aromatic N) is 3. The van der Waals surface area contributed by atoms with Gasteiger partial charge in [0.1, 0.15) is 0 Å². The average molecular weight is 246 g/mol. The molecule has 0 saturated carbocycles. The number of rotatable bonds is 1. The minimum Gasteiger partial charge on any atom is -0.340 e. The molecule has 98 valence electrons. The fraction of sp³-hybridized carbons (Fsp3) is 0.714. The third-order valence-electron chi connectivity index (χ3n) is 4.27. The lowest BCUT2D eigenvalue weighted by molar-refractivity contribution is 0.172. The summed E-state index contributed by atoms with van der Waals surface area (Å²) in [6.07, 6.45) is 9.11. The van der Waals surface area contributed by atoms with Crippen LogP contribution in [0.2, 0.25) is 0 Å². The van der Waals surface area contributed by atoms with Crippen LogP contribution in [0.4, 0.5) is 5.95 Å². The first kappa shape index (κ1) is 11.9. The summed E-state index contributed by atoms with van der Waals surface area (Å²) in [5.74, 6) is 0.908. The molecular formula is C14H22N4. The van der Waals surface area contributed by atoms with Gasteiger partial charge in [0, 0.05) is 37.4 Å². The highest BCUT2D eigenvalue weighted by Crippen LogP contribution is 2.36. The largest absolute Gasteiger partial charge is 0.340 e. The van der Waals surface area contributed by atoms with Gasteiger partial charge in [-0.15, -0.1) is 0 Å². The number of aromatic nitrogens is 2. The van der Waals surface area contributed by atoms with Crippen molar-refractivity contribution in [3.63, 3.8) is 0 Å². The van der Waals surface area contributed by atoms with Gasteiger partial charge in [-0.3, -0.25) is 0 Å². The molecule has 0 aromatic carbocycles. The molecule has 1 N–H and O–H groups in total. The Bertz CT molecular complexity index is 389. The van der Waals surface area contributed by atoms with Gasteiger partial charge in [-0.2, -0.15) is 0 Å². The van der Waals surface area contributed by atoms with E-state index in [1.165, 1.54) is 32.2 Å². The van der Waals surface area contributed by atoms with Crippen molar-refractivity contribution in [2.24, 2.45) is 5.41 Å². The van der Waals surface area contributed by atoms with E-state index in [-0.39, 0.29) is 0 Å². The third kappa shape index (κ3) is 2.34. The lowest BCUT2D eigenvalue weighted by atomic mass is 9.74. The maximum Gasteiger partial charge on any atom is 0.225 e. The monoisotopic (exact) mass is 246 g/mol. The Hall–Kier alpha value is -1.16. The second-order valence-electron chi connectivity index (χ2n) is 5.87. The Morgan fingerprint density at radius 2 is 2.00 bits per heavy atom. The van der Waals surface area contributed by atoms with Crippen molar-refractivity contribution in [2.45, 2.75) is 32.6 Å². The van der Waals surface area contributed by atoms with Gasteiger partial charge >= 0.3 is 0 Å².